The van der Waals surface area contributed by atoms with Gasteiger partial charge in [-0.05, 0) is 42.0 Å². The Hall–Kier alpha value is -1.59. The normalized spacial score (nSPS) is 12.9. The van der Waals surface area contributed by atoms with E-state index in [0.717, 1.165) is 33.3 Å². The van der Waals surface area contributed by atoms with Crippen LogP contribution >= 0.6 is 15.9 Å². The van der Waals surface area contributed by atoms with Crippen LogP contribution in [0, 0.1) is 0 Å². The van der Waals surface area contributed by atoms with E-state index in [1.54, 1.807) is 0 Å². The number of halogens is 1. The van der Waals surface area contributed by atoms with Crippen molar-refractivity contribution in [2.24, 2.45) is 0 Å². The van der Waals surface area contributed by atoms with Crippen LogP contribution < -0.4 is 5.32 Å². The van der Waals surface area contributed by atoms with E-state index in [9.17, 15) is 0 Å². The van der Waals surface area contributed by atoms with Gasteiger partial charge in [-0.3, -0.25) is 4.68 Å². The van der Waals surface area contributed by atoms with Crippen molar-refractivity contribution < 1.29 is 4.42 Å². The molecular weight excluding hydrogens is 318 g/mol. The molecule has 0 radical (unpaired) electrons. The van der Waals surface area contributed by atoms with E-state index in [1.807, 2.05) is 36.3 Å². The Balaban J connectivity index is 2.04. The van der Waals surface area contributed by atoms with E-state index < -0.39 is 0 Å². The van der Waals surface area contributed by atoms with Gasteiger partial charge in [-0.25, -0.2) is 0 Å². The number of aryl methyl sites for hydroxylation is 1. The van der Waals surface area contributed by atoms with Gasteiger partial charge in [-0.1, -0.05) is 12.1 Å². The molecular formula is C15H16BrN3O. The van der Waals surface area contributed by atoms with Gasteiger partial charge in [0.25, 0.3) is 0 Å². The van der Waals surface area contributed by atoms with Crippen molar-refractivity contribution in [3.63, 3.8) is 0 Å². The fraction of sp³-hybridized carbons (Fsp3) is 0.267. The zero-order valence-electron chi connectivity index (χ0n) is 11.4. The molecule has 1 unspecified atom stereocenters. The summed E-state index contributed by atoms with van der Waals surface area (Å²) in [6.07, 6.45) is 3.93. The molecule has 2 aromatic heterocycles. The third-order valence-electron chi connectivity index (χ3n) is 3.40. The molecule has 2 heterocycles. The third kappa shape index (κ3) is 2.27. The third-order valence-corrected chi connectivity index (χ3v) is 4.02. The first-order chi connectivity index (χ1) is 9.72. The largest absolute Gasteiger partial charge is 0.458 e. The number of hydrogen-bond donors (Lipinski definition) is 1. The van der Waals surface area contributed by atoms with Crippen molar-refractivity contribution in [1.82, 2.24) is 15.1 Å². The standard InChI is InChI=1S/C15H16BrN3O/c1-3-19-9-11(8-18-19)14(17-2)13-7-10-5-4-6-12(16)15(10)20-13/h4-9,14,17H,3H2,1-2H3. The van der Waals surface area contributed by atoms with Gasteiger partial charge in [0.05, 0.1) is 16.7 Å². The van der Waals surface area contributed by atoms with Crippen molar-refractivity contribution >= 4 is 26.9 Å². The minimum atomic E-state index is 0.00889. The van der Waals surface area contributed by atoms with Crippen LogP contribution in [0.3, 0.4) is 0 Å². The van der Waals surface area contributed by atoms with Crippen LogP contribution in [0.25, 0.3) is 11.0 Å². The maximum atomic E-state index is 6.00. The molecule has 3 aromatic rings. The van der Waals surface area contributed by atoms with E-state index >= 15 is 0 Å². The number of aromatic nitrogens is 2. The summed E-state index contributed by atoms with van der Waals surface area (Å²) in [6.45, 7) is 2.94. The molecule has 3 rings (SSSR count). The Morgan fingerprint density at radius 3 is 2.95 bits per heavy atom. The minimum Gasteiger partial charge on any atom is -0.458 e. The monoisotopic (exact) mass is 333 g/mol. The molecule has 0 aliphatic carbocycles. The van der Waals surface area contributed by atoms with Gasteiger partial charge in [0.1, 0.15) is 11.3 Å². The number of nitrogens with zero attached hydrogens (tertiary/aromatic N) is 2. The fourth-order valence-electron chi connectivity index (χ4n) is 2.36. The quantitative estimate of drug-likeness (QED) is 0.791. The zero-order valence-corrected chi connectivity index (χ0v) is 13.0. The van der Waals surface area contributed by atoms with E-state index in [1.165, 1.54) is 0 Å². The first-order valence-corrected chi connectivity index (χ1v) is 7.39. The second-order valence-corrected chi connectivity index (χ2v) is 5.51. The van der Waals surface area contributed by atoms with Gasteiger partial charge in [0.15, 0.2) is 0 Å². The van der Waals surface area contributed by atoms with Crippen LogP contribution in [0.1, 0.15) is 24.3 Å². The molecule has 0 saturated carbocycles. The lowest BCUT2D eigenvalue weighted by Gasteiger charge is -2.10. The average Bonchev–Trinajstić information content (AvgIpc) is 3.07. The average molecular weight is 334 g/mol. The number of para-hydroxylation sites is 1. The van der Waals surface area contributed by atoms with Crippen LogP contribution in [0.15, 0.2) is 45.5 Å². The predicted molar refractivity (Wildman–Crippen MR) is 82.7 cm³/mol. The Labute approximate surface area is 125 Å². The molecule has 1 atom stereocenters. The van der Waals surface area contributed by atoms with E-state index in [4.69, 9.17) is 4.42 Å². The summed E-state index contributed by atoms with van der Waals surface area (Å²) < 4.78 is 8.89. The van der Waals surface area contributed by atoms with Crippen molar-refractivity contribution in [2.45, 2.75) is 19.5 Å². The van der Waals surface area contributed by atoms with E-state index in [0.29, 0.717) is 0 Å². The maximum absolute atomic E-state index is 6.00. The maximum Gasteiger partial charge on any atom is 0.148 e. The number of rotatable bonds is 4. The molecule has 4 nitrogen and oxygen atoms in total. The van der Waals surface area contributed by atoms with Gasteiger partial charge in [-0.15, -0.1) is 0 Å². The SMILES string of the molecule is CCn1cc(C(NC)c2cc3cccc(Br)c3o2)cn1. The first-order valence-electron chi connectivity index (χ1n) is 6.60. The Morgan fingerprint density at radius 2 is 2.30 bits per heavy atom. The Bertz CT molecular complexity index is 732. The molecule has 0 saturated heterocycles. The highest BCUT2D eigenvalue weighted by atomic mass is 79.9. The smallest absolute Gasteiger partial charge is 0.148 e. The molecule has 20 heavy (non-hydrogen) atoms. The van der Waals surface area contributed by atoms with Crippen molar-refractivity contribution in [3.05, 3.63) is 52.5 Å². The highest BCUT2D eigenvalue weighted by Crippen LogP contribution is 2.31. The lowest BCUT2D eigenvalue weighted by atomic mass is 10.1. The molecule has 0 bridgehead atoms. The summed E-state index contributed by atoms with van der Waals surface area (Å²) in [7, 11) is 1.93. The molecule has 0 aliphatic rings. The summed E-state index contributed by atoms with van der Waals surface area (Å²) in [6, 6.07) is 8.13. The minimum absolute atomic E-state index is 0.00889. The number of benzene rings is 1. The lowest BCUT2D eigenvalue weighted by Crippen LogP contribution is -2.16. The van der Waals surface area contributed by atoms with Crippen LogP contribution in [0.2, 0.25) is 0 Å². The second-order valence-electron chi connectivity index (χ2n) is 4.66. The summed E-state index contributed by atoms with van der Waals surface area (Å²) in [5, 5.41) is 8.71. The van der Waals surface area contributed by atoms with Crippen LogP contribution in [-0.2, 0) is 6.54 Å². The second kappa shape index (κ2) is 5.42. The highest BCUT2D eigenvalue weighted by molar-refractivity contribution is 9.10. The van der Waals surface area contributed by atoms with Crippen molar-refractivity contribution in [2.75, 3.05) is 7.05 Å². The molecule has 0 aliphatic heterocycles. The Morgan fingerprint density at radius 1 is 1.45 bits per heavy atom. The van der Waals surface area contributed by atoms with Gasteiger partial charge < -0.3 is 9.73 Å². The summed E-state index contributed by atoms with van der Waals surface area (Å²) in [5.74, 6) is 0.894. The van der Waals surface area contributed by atoms with Gasteiger partial charge in [0, 0.05) is 23.7 Å². The fourth-order valence-corrected chi connectivity index (χ4v) is 2.83. The number of furan rings is 1. The zero-order chi connectivity index (χ0) is 14.1. The number of fused-ring (bicyclic) bond motifs is 1. The van der Waals surface area contributed by atoms with Crippen LogP contribution in [-0.4, -0.2) is 16.8 Å². The number of nitrogens with one attached hydrogen (secondary N) is 1. The van der Waals surface area contributed by atoms with Gasteiger partial charge in [0.2, 0.25) is 0 Å². The molecule has 5 heteroatoms. The highest BCUT2D eigenvalue weighted by Gasteiger charge is 2.19. The topological polar surface area (TPSA) is 43.0 Å². The molecule has 0 fully saturated rings. The van der Waals surface area contributed by atoms with Crippen LogP contribution in [0.5, 0.6) is 0 Å². The summed E-state index contributed by atoms with van der Waals surface area (Å²) in [4.78, 5) is 0. The van der Waals surface area contributed by atoms with E-state index in [2.05, 4.69) is 45.4 Å². The molecule has 0 amide bonds. The van der Waals surface area contributed by atoms with E-state index in [-0.39, 0.29) is 6.04 Å². The van der Waals surface area contributed by atoms with Gasteiger partial charge >= 0.3 is 0 Å². The Kier molecular flexibility index (Phi) is 3.63. The predicted octanol–water partition coefficient (Wildman–Crippen LogP) is 3.72. The van der Waals surface area contributed by atoms with Crippen LogP contribution in [0.4, 0.5) is 0 Å². The molecule has 104 valence electrons. The first kappa shape index (κ1) is 13.4. The molecule has 1 N–H and O–H groups in total. The van der Waals surface area contributed by atoms with Crippen molar-refractivity contribution in [3.8, 4) is 0 Å². The molecule has 1 aromatic carbocycles. The summed E-state index contributed by atoms with van der Waals surface area (Å²) >= 11 is 3.52. The molecule has 0 spiro atoms. The van der Waals surface area contributed by atoms with Crippen molar-refractivity contribution in [1.29, 1.82) is 0 Å². The summed E-state index contributed by atoms with van der Waals surface area (Å²) in [5.41, 5.74) is 1.98. The lowest BCUT2D eigenvalue weighted by molar-refractivity contribution is 0.490. The number of hydrogen-bond acceptors (Lipinski definition) is 3. The van der Waals surface area contributed by atoms with Gasteiger partial charge in [-0.2, -0.15) is 5.10 Å².